The molecule has 0 radical (unpaired) electrons. The number of aryl methyl sites for hydroxylation is 1. The number of unbranched alkanes of at least 4 members (excludes halogenated alkanes) is 8. The van der Waals surface area contributed by atoms with E-state index < -0.39 is 6.10 Å². The number of esters is 1. The molecule has 5 heteroatoms. The standard InChI is InChI=1S/C33H52O5/c1-3-4-5-6-7-8-9-10-11-12-32(36)38-31-18-17-30-29-15-13-24-21-26(37-23-25(35)22-34)14-16-27(24)28(29)19-20-33(30,31)2/h14,16,21,25,28-31,34-35H,3-13,15,17-20,22-23H2,1-2H3/t25?,28-,29-,30+,31+,33+/m1/s1. The van der Waals surface area contributed by atoms with Crippen molar-refractivity contribution in [2.45, 2.75) is 135 Å². The summed E-state index contributed by atoms with van der Waals surface area (Å²) >= 11 is 0. The normalized spacial score (nSPS) is 28.7. The molecule has 0 aromatic heterocycles. The third kappa shape index (κ3) is 7.13. The van der Waals surface area contributed by atoms with Crippen LogP contribution in [0.5, 0.6) is 5.75 Å². The Kier molecular flexibility index (Phi) is 11.0. The van der Waals surface area contributed by atoms with Crippen molar-refractivity contribution in [3.05, 3.63) is 29.3 Å². The lowest BCUT2D eigenvalue weighted by molar-refractivity contribution is -0.157. The molecule has 1 unspecified atom stereocenters. The summed E-state index contributed by atoms with van der Waals surface area (Å²) in [6, 6.07) is 6.38. The van der Waals surface area contributed by atoms with E-state index in [1.54, 1.807) is 0 Å². The second-order valence-electron chi connectivity index (χ2n) is 12.6. The predicted octanol–water partition coefficient (Wildman–Crippen LogP) is 7.11. The highest BCUT2D eigenvalue weighted by Gasteiger charge is 2.56. The molecule has 2 saturated carbocycles. The second kappa shape index (κ2) is 14.2. The minimum atomic E-state index is -0.846. The maximum atomic E-state index is 12.8. The molecule has 3 aliphatic rings. The third-order valence-corrected chi connectivity index (χ3v) is 10.0. The van der Waals surface area contributed by atoms with Gasteiger partial charge in [-0.3, -0.25) is 4.79 Å². The van der Waals surface area contributed by atoms with Crippen molar-refractivity contribution in [1.29, 1.82) is 0 Å². The summed E-state index contributed by atoms with van der Waals surface area (Å²) in [5.41, 5.74) is 2.94. The van der Waals surface area contributed by atoms with Crippen LogP contribution in [0.15, 0.2) is 18.2 Å². The van der Waals surface area contributed by atoms with E-state index >= 15 is 0 Å². The van der Waals surface area contributed by atoms with Crippen molar-refractivity contribution in [2.24, 2.45) is 17.3 Å². The smallest absolute Gasteiger partial charge is 0.306 e. The summed E-state index contributed by atoms with van der Waals surface area (Å²) in [4.78, 5) is 12.8. The minimum Gasteiger partial charge on any atom is -0.491 e. The number of ether oxygens (including phenoxy) is 2. The van der Waals surface area contributed by atoms with Crippen LogP contribution in [0.1, 0.15) is 127 Å². The SMILES string of the molecule is CCCCCCCCCCCC(=O)O[C@H]1CC[C@H]2[C@@H]3CCc4cc(OCC(O)CO)ccc4[C@H]3CC[C@]12C. The van der Waals surface area contributed by atoms with Gasteiger partial charge in [-0.15, -0.1) is 0 Å². The third-order valence-electron chi connectivity index (χ3n) is 10.0. The Morgan fingerprint density at radius 2 is 1.76 bits per heavy atom. The molecule has 3 aliphatic carbocycles. The van der Waals surface area contributed by atoms with Gasteiger partial charge in [0.15, 0.2) is 0 Å². The highest BCUT2D eigenvalue weighted by Crippen LogP contribution is 2.61. The average Bonchev–Trinajstić information content (AvgIpc) is 3.26. The monoisotopic (exact) mass is 528 g/mol. The Morgan fingerprint density at radius 1 is 1.03 bits per heavy atom. The molecule has 6 atom stereocenters. The zero-order chi connectivity index (χ0) is 27.0. The summed E-state index contributed by atoms with van der Waals surface area (Å²) < 4.78 is 11.9. The van der Waals surface area contributed by atoms with Gasteiger partial charge in [-0.2, -0.15) is 0 Å². The lowest BCUT2D eigenvalue weighted by Gasteiger charge is -2.50. The second-order valence-corrected chi connectivity index (χ2v) is 12.6. The Morgan fingerprint density at radius 3 is 2.50 bits per heavy atom. The van der Waals surface area contributed by atoms with Gasteiger partial charge in [-0.1, -0.05) is 71.3 Å². The van der Waals surface area contributed by atoms with E-state index in [0.29, 0.717) is 24.2 Å². The lowest BCUT2D eigenvalue weighted by atomic mass is 9.55. The van der Waals surface area contributed by atoms with Crippen LogP contribution in [0.2, 0.25) is 0 Å². The zero-order valence-corrected chi connectivity index (χ0v) is 24.0. The first-order chi connectivity index (χ1) is 18.5. The van der Waals surface area contributed by atoms with E-state index in [1.807, 2.05) is 6.07 Å². The number of fused-ring (bicyclic) bond motifs is 5. The molecule has 1 aromatic carbocycles. The van der Waals surface area contributed by atoms with Crippen LogP contribution in [0.4, 0.5) is 0 Å². The summed E-state index contributed by atoms with van der Waals surface area (Å²) in [5, 5.41) is 18.6. The number of hydrogen-bond acceptors (Lipinski definition) is 5. The number of rotatable bonds is 15. The summed E-state index contributed by atoms with van der Waals surface area (Å²) in [7, 11) is 0. The number of hydrogen-bond donors (Lipinski definition) is 2. The van der Waals surface area contributed by atoms with E-state index in [9.17, 15) is 9.90 Å². The number of aliphatic hydroxyl groups excluding tert-OH is 2. The topological polar surface area (TPSA) is 76.0 Å². The van der Waals surface area contributed by atoms with E-state index in [1.165, 1.54) is 68.9 Å². The fraction of sp³-hybridized carbons (Fsp3) is 0.788. The summed E-state index contributed by atoms with van der Waals surface area (Å²) in [6.07, 6.45) is 17.9. The Labute approximate surface area is 230 Å². The molecule has 0 amide bonds. The Bertz CT molecular complexity index is 884. The van der Waals surface area contributed by atoms with Gasteiger partial charge in [0.25, 0.3) is 0 Å². The van der Waals surface area contributed by atoms with Gasteiger partial charge in [0.05, 0.1) is 6.61 Å². The van der Waals surface area contributed by atoms with Crippen molar-refractivity contribution < 1.29 is 24.5 Å². The molecule has 2 N–H and O–H groups in total. The summed E-state index contributed by atoms with van der Waals surface area (Å²) in [5.74, 6) is 2.65. The van der Waals surface area contributed by atoms with E-state index in [-0.39, 0.29) is 30.7 Å². The van der Waals surface area contributed by atoms with Crippen molar-refractivity contribution in [3.63, 3.8) is 0 Å². The predicted molar refractivity (Wildman–Crippen MR) is 151 cm³/mol. The largest absolute Gasteiger partial charge is 0.491 e. The van der Waals surface area contributed by atoms with Gasteiger partial charge in [0.2, 0.25) is 0 Å². The van der Waals surface area contributed by atoms with Crippen LogP contribution in [0, 0.1) is 17.3 Å². The fourth-order valence-corrected chi connectivity index (χ4v) is 7.84. The molecule has 214 valence electrons. The highest BCUT2D eigenvalue weighted by molar-refractivity contribution is 5.69. The van der Waals surface area contributed by atoms with Crippen molar-refractivity contribution >= 4 is 5.97 Å². The lowest BCUT2D eigenvalue weighted by Crippen LogP contribution is -2.45. The minimum absolute atomic E-state index is 0.0229. The molecule has 1 aromatic rings. The number of aliphatic hydroxyl groups is 2. The molecule has 0 aliphatic heterocycles. The molecular weight excluding hydrogens is 476 g/mol. The Hall–Kier alpha value is -1.59. The first-order valence-corrected chi connectivity index (χ1v) is 15.7. The number of benzene rings is 1. The highest BCUT2D eigenvalue weighted by atomic mass is 16.5. The van der Waals surface area contributed by atoms with E-state index in [2.05, 4.69) is 26.0 Å². The number of carbonyl (C=O) groups excluding carboxylic acids is 1. The molecule has 4 rings (SSSR count). The van der Waals surface area contributed by atoms with Crippen LogP contribution in [-0.2, 0) is 16.0 Å². The quantitative estimate of drug-likeness (QED) is 0.187. The molecule has 0 saturated heterocycles. The van der Waals surface area contributed by atoms with Crippen LogP contribution in [-0.4, -0.2) is 41.6 Å². The Balaban J connectivity index is 1.24. The van der Waals surface area contributed by atoms with Gasteiger partial charge in [0, 0.05) is 11.8 Å². The van der Waals surface area contributed by atoms with Gasteiger partial charge in [0.1, 0.15) is 24.6 Å². The fourth-order valence-electron chi connectivity index (χ4n) is 7.84. The maximum absolute atomic E-state index is 12.8. The molecule has 0 spiro atoms. The van der Waals surface area contributed by atoms with E-state index in [4.69, 9.17) is 14.6 Å². The molecule has 0 bridgehead atoms. The van der Waals surface area contributed by atoms with Crippen molar-refractivity contribution in [1.82, 2.24) is 0 Å². The number of carbonyl (C=O) groups is 1. The molecule has 2 fully saturated rings. The average molecular weight is 529 g/mol. The van der Waals surface area contributed by atoms with Gasteiger partial charge in [-0.05, 0) is 86.0 Å². The molecule has 0 heterocycles. The van der Waals surface area contributed by atoms with Gasteiger partial charge < -0.3 is 19.7 Å². The molecular formula is C33H52O5. The molecule has 5 nitrogen and oxygen atoms in total. The van der Waals surface area contributed by atoms with Gasteiger partial charge >= 0.3 is 5.97 Å². The maximum Gasteiger partial charge on any atom is 0.306 e. The van der Waals surface area contributed by atoms with Gasteiger partial charge in [-0.25, -0.2) is 0 Å². The van der Waals surface area contributed by atoms with Crippen LogP contribution < -0.4 is 4.74 Å². The van der Waals surface area contributed by atoms with Crippen LogP contribution >= 0.6 is 0 Å². The van der Waals surface area contributed by atoms with E-state index in [0.717, 1.165) is 44.3 Å². The first kappa shape index (κ1) is 29.4. The van der Waals surface area contributed by atoms with Crippen LogP contribution in [0.25, 0.3) is 0 Å². The zero-order valence-electron chi connectivity index (χ0n) is 24.0. The molecule has 38 heavy (non-hydrogen) atoms. The summed E-state index contributed by atoms with van der Waals surface area (Å²) in [6.45, 7) is 4.48. The first-order valence-electron chi connectivity index (χ1n) is 15.7. The van der Waals surface area contributed by atoms with Crippen LogP contribution in [0.3, 0.4) is 0 Å². The van der Waals surface area contributed by atoms with Crippen molar-refractivity contribution in [2.75, 3.05) is 13.2 Å². The van der Waals surface area contributed by atoms with Crippen molar-refractivity contribution in [3.8, 4) is 5.75 Å².